The normalized spacial score (nSPS) is 15.7. The molecule has 4 nitrogen and oxygen atoms in total. The number of aryl methyl sites for hydroxylation is 1. The Morgan fingerprint density at radius 3 is 2.48 bits per heavy atom. The predicted octanol–water partition coefficient (Wildman–Crippen LogP) is 3.92. The summed E-state index contributed by atoms with van der Waals surface area (Å²) < 4.78 is 6.42. The second-order valence-corrected chi connectivity index (χ2v) is 7.26. The highest BCUT2D eigenvalue weighted by Crippen LogP contribution is 2.21. The average molecular weight is 402 g/mol. The zero-order valence-electron chi connectivity index (χ0n) is 14.8. The molecule has 0 atom stereocenters. The molecule has 5 heteroatoms. The highest BCUT2D eigenvalue weighted by atomic mass is 79.9. The first-order valence-corrected chi connectivity index (χ1v) is 9.34. The van der Waals surface area contributed by atoms with Crippen LogP contribution in [0.15, 0.2) is 52.0 Å². The van der Waals surface area contributed by atoms with Gasteiger partial charge in [-0.3, -0.25) is 9.91 Å². The molecule has 0 unspecified atom stereocenters. The van der Waals surface area contributed by atoms with Crippen LogP contribution in [0.3, 0.4) is 0 Å². The zero-order chi connectivity index (χ0) is 17.6. The van der Waals surface area contributed by atoms with E-state index in [2.05, 4.69) is 62.1 Å². The number of nitrogens with zero attached hydrogens (tertiary/aromatic N) is 3. The summed E-state index contributed by atoms with van der Waals surface area (Å²) in [5.74, 6) is 0.838. The van der Waals surface area contributed by atoms with Crippen LogP contribution in [-0.2, 0) is 6.54 Å². The minimum Gasteiger partial charge on any atom is -0.496 e. The molecule has 0 aliphatic carbocycles. The molecular formula is C20H24BrN3O. The lowest BCUT2D eigenvalue weighted by molar-refractivity contribution is 0.131. The van der Waals surface area contributed by atoms with E-state index in [0.717, 1.165) is 48.5 Å². The highest BCUT2D eigenvalue weighted by Gasteiger charge is 2.15. The Bertz CT molecular complexity index is 722. The fourth-order valence-corrected chi connectivity index (χ4v) is 3.29. The van der Waals surface area contributed by atoms with Crippen LogP contribution in [0.5, 0.6) is 5.75 Å². The van der Waals surface area contributed by atoms with E-state index >= 15 is 0 Å². The van der Waals surface area contributed by atoms with Gasteiger partial charge in [0.2, 0.25) is 0 Å². The van der Waals surface area contributed by atoms with E-state index in [-0.39, 0.29) is 0 Å². The Kier molecular flexibility index (Phi) is 6.10. The molecule has 3 rings (SSSR count). The molecule has 0 amide bonds. The van der Waals surface area contributed by atoms with Crippen molar-refractivity contribution in [3.05, 3.63) is 63.6 Å². The molecule has 0 spiro atoms. The number of ether oxygens (including phenoxy) is 1. The molecule has 2 aromatic carbocycles. The molecule has 0 N–H and O–H groups in total. The van der Waals surface area contributed by atoms with E-state index in [1.165, 1.54) is 11.1 Å². The fourth-order valence-electron chi connectivity index (χ4n) is 2.91. The topological polar surface area (TPSA) is 28.1 Å². The van der Waals surface area contributed by atoms with Gasteiger partial charge in [0.1, 0.15) is 5.75 Å². The molecule has 1 saturated heterocycles. The van der Waals surface area contributed by atoms with Gasteiger partial charge in [0.25, 0.3) is 0 Å². The van der Waals surface area contributed by atoms with Crippen molar-refractivity contribution in [1.29, 1.82) is 0 Å². The first-order chi connectivity index (χ1) is 12.1. The first kappa shape index (κ1) is 18.0. The lowest BCUT2D eigenvalue weighted by atomic mass is 10.1. The number of methoxy groups -OCH3 is 1. The van der Waals surface area contributed by atoms with Crippen molar-refractivity contribution < 1.29 is 4.74 Å². The number of hydrazone groups is 1. The Morgan fingerprint density at radius 1 is 1.08 bits per heavy atom. The maximum atomic E-state index is 5.39. The lowest BCUT2D eigenvalue weighted by Gasteiger charge is -2.33. The Labute approximate surface area is 158 Å². The molecule has 0 radical (unpaired) electrons. The first-order valence-electron chi connectivity index (χ1n) is 8.54. The Hall–Kier alpha value is -1.85. The van der Waals surface area contributed by atoms with E-state index < -0.39 is 0 Å². The van der Waals surface area contributed by atoms with Crippen molar-refractivity contribution in [1.82, 2.24) is 9.91 Å². The largest absolute Gasteiger partial charge is 0.496 e. The van der Waals surface area contributed by atoms with Crippen LogP contribution in [0.4, 0.5) is 0 Å². The molecule has 0 aromatic heterocycles. The molecule has 1 fully saturated rings. The van der Waals surface area contributed by atoms with Crippen molar-refractivity contribution in [2.75, 3.05) is 33.3 Å². The molecular weight excluding hydrogens is 378 g/mol. The Morgan fingerprint density at radius 2 is 1.80 bits per heavy atom. The number of piperazine rings is 1. The van der Waals surface area contributed by atoms with Gasteiger partial charge >= 0.3 is 0 Å². The quantitative estimate of drug-likeness (QED) is 0.710. The zero-order valence-corrected chi connectivity index (χ0v) is 16.4. The van der Waals surface area contributed by atoms with Gasteiger partial charge in [-0.25, -0.2) is 0 Å². The number of rotatable bonds is 5. The summed E-state index contributed by atoms with van der Waals surface area (Å²) in [4.78, 5) is 2.48. The minimum atomic E-state index is 0.838. The second kappa shape index (κ2) is 8.50. The third-order valence-electron chi connectivity index (χ3n) is 4.43. The van der Waals surface area contributed by atoms with E-state index in [9.17, 15) is 0 Å². The van der Waals surface area contributed by atoms with E-state index in [0.29, 0.717) is 0 Å². The third-order valence-corrected chi connectivity index (χ3v) is 4.92. The van der Waals surface area contributed by atoms with Gasteiger partial charge in [0.05, 0.1) is 13.3 Å². The van der Waals surface area contributed by atoms with Gasteiger partial charge in [0, 0.05) is 42.8 Å². The summed E-state index contributed by atoms with van der Waals surface area (Å²) in [5, 5.41) is 6.77. The van der Waals surface area contributed by atoms with Crippen LogP contribution >= 0.6 is 15.9 Å². The monoisotopic (exact) mass is 401 g/mol. The second-order valence-electron chi connectivity index (χ2n) is 6.35. The SMILES string of the molecule is COc1ccc(Br)cc1/C=N/N1CCN(Cc2ccc(C)cc2)CC1. The maximum absolute atomic E-state index is 5.39. The van der Waals surface area contributed by atoms with E-state index in [1.54, 1.807) is 7.11 Å². The average Bonchev–Trinajstić information content (AvgIpc) is 2.63. The third kappa shape index (κ3) is 5.06. The van der Waals surface area contributed by atoms with Crippen LogP contribution in [-0.4, -0.2) is 49.4 Å². The summed E-state index contributed by atoms with van der Waals surface area (Å²) in [6, 6.07) is 14.8. The summed E-state index contributed by atoms with van der Waals surface area (Å²) >= 11 is 3.50. The van der Waals surface area contributed by atoms with E-state index in [1.807, 2.05) is 24.4 Å². The maximum Gasteiger partial charge on any atom is 0.127 e. The van der Waals surface area contributed by atoms with Crippen LogP contribution in [0.2, 0.25) is 0 Å². The standard InChI is InChI=1S/C20H24BrN3O/c1-16-3-5-17(6-4-16)15-23-9-11-24(12-10-23)22-14-18-13-19(21)7-8-20(18)25-2/h3-8,13-14H,9-12,15H2,1-2H3/b22-14+. The van der Waals surface area contributed by atoms with Crippen LogP contribution < -0.4 is 4.74 Å². The van der Waals surface area contributed by atoms with Gasteiger partial charge in [0.15, 0.2) is 0 Å². The van der Waals surface area contributed by atoms with Crippen LogP contribution in [0.25, 0.3) is 0 Å². The lowest BCUT2D eigenvalue weighted by Crippen LogP contribution is -2.43. The molecule has 2 aromatic rings. The Balaban J connectivity index is 1.54. The number of hydrogen-bond acceptors (Lipinski definition) is 4. The van der Waals surface area contributed by atoms with Crippen molar-refractivity contribution in [2.45, 2.75) is 13.5 Å². The molecule has 1 heterocycles. The van der Waals surface area contributed by atoms with Gasteiger partial charge in [-0.2, -0.15) is 5.10 Å². The fraction of sp³-hybridized carbons (Fsp3) is 0.350. The smallest absolute Gasteiger partial charge is 0.127 e. The number of benzene rings is 2. The number of halogens is 1. The molecule has 1 aliphatic heterocycles. The van der Waals surface area contributed by atoms with Crippen molar-refractivity contribution in [2.24, 2.45) is 5.10 Å². The molecule has 0 saturated carbocycles. The van der Waals surface area contributed by atoms with Gasteiger partial charge in [-0.1, -0.05) is 45.8 Å². The summed E-state index contributed by atoms with van der Waals surface area (Å²) in [5.41, 5.74) is 3.67. The van der Waals surface area contributed by atoms with Gasteiger partial charge in [-0.15, -0.1) is 0 Å². The molecule has 1 aliphatic rings. The summed E-state index contributed by atoms with van der Waals surface area (Å²) in [6.07, 6.45) is 1.89. The van der Waals surface area contributed by atoms with Crippen molar-refractivity contribution in [3.63, 3.8) is 0 Å². The van der Waals surface area contributed by atoms with Gasteiger partial charge in [-0.05, 0) is 30.7 Å². The van der Waals surface area contributed by atoms with Crippen LogP contribution in [0, 0.1) is 6.92 Å². The molecule has 0 bridgehead atoms. The van der Waals surface area contributed by atoms with Gasteiger partial charge < -0.3 is 4.74 Å². The minimum absolute atomic E-state index is 0.838. The van der Waals surface area contributed by atoms with Crippen molar-refractivity contribution >= 4 is 22.1 Å². The highest BCUT2D eigenvalue weighted by molar-refractivity contribution is 9.10. The van der Waals surface area contributed by atoms with E-state index in [4.69, 9.17) is 4.74 Å². The molecule has 132 valence electrons. The van der Waals surface area contributed by atoms with Crippen LogP contribution in [0.1, 0.15) is 16.7 Å². The van der Waals surface area contributed by atoms with Crippen molar-refractivity contribution in [3.8, 4) is 5.75 Å². The predicted molar refractivity (Wildman–Crippen MR) is 106 cm³/mol. The summed E-state index contributed by atoms with van der Waals surface area (Å²) in [6.45, 7) is 7.08. The number of hydrogen-bond donors (Lipinski definition) is 0. The molecule has 25 heavy (non-hydrogen) atoms. The summed E-state index contributed by atoms with van der Waals surface area (Å²) in [7, 11) is 1.68.